The van der Waals surface area contributed by atoms with Crippen molar-refractivity contribution in [3.63, 3.8) is 0 Å². The van der Waals surface area contributed by atoms with Crippen LogP contribution in [0.2, 0.25) is 0 Å². The fourth-order valence-electron chi connectivity index (χ4n) is 3.44. The Labute approximate surface area is 193 Å². The van der Waals surface area contributed by atoms with E-state index < -0.39 is 0 Å². The third-order valence-electron chi connectivity index (χ3n) is 5.14. The van der Waals surface area contributed by atoms with Crippen LogP contribution >= 0.6 is 0 Å². The number of nitrogens with zero attached hydrogens (tertiary/aromatic N) is 1. The molecule has 1 amide bonds. The van der Waals surface area contributed by atoms with E-state index in [2.05, 4.69) is 34.8 Å². The third kappa shape index (κ3) is 5.77. The first-order chi connectivity index (χ1) is 16.2. The number of carbonyl (C=O) groups is 1. The summed E-state index contributed by atoms with van der Waals surface area (Å²) in [5.74, 6) is 1.15. The van der Waals surface area contributed by atoms with Crippen molar-refractivity contribution in [1.29, 1.82) is 0 Å². The van der Waals surface area contributed by atoms with E-state index in [1.54, 1.807) is 30.5 Å². The molecule has 0 bridgehead atoms. The quantitative estimate of drug-likeness (QED) is 0.259. The Morgan fingerprint density at radius 2 is 1.64 bits per heavy atom. The molecule has 4 aromatic carbocycles. The van der Waals surface area contributed by atoms with Crippen LogP contribution in [0.1, 0.15) is 34.8 Å². The fourth-order valence-corrected chi connectivity index (χ4v) is 3.44. The van der Waals surface area contributed by atoms with E-state index in [1.165, 1.54) is 10.8 Å². The second kappa shape index (κ2) is 11.0. The van der Waals surface area contributed by atoms with Crippen LogP contribution in [0.15, 0.2) is 96.1 Å². The van der Waals surface area contributed by atoms with E-state index >= 15 is 0 Å². The maximum atomic E-state index is 12.4. The average Bonchev–Trinajstić information content (AvgIpc) is 2.87. The average molecular weight is 439 g/mol. The molecule has 166 valence electrons. The van der Waals surface area contributed by atoms with Crippen molar-refractivity contribution >= 4 is 22.9 Å². The molecule has 0 aromatic heterocycles. The highest BCUT2D eigenvalue weighted by molar-refractivity contribution is 5.95. The zero-order valence-corrected chi connectivity index (χ0v) is 18.5. The Balaban J connectivity index is 1.39. The van der Waals surface area contributed by atoms with Gasteiger partial charge in [0.25, 0.3) is 5.91 Å². The summed E-state index contributed by atoms with van der Waals surface area (Å²) in [6.45, 7) is 3.13. The molecular formula is C28H26N2O3. The van der Waals surface area contributed by atoms with Gasteiger partial charge in [-0.1, -0.05) is 61.5 Å². The summed E-state index contributed by atoms with van der Waals surface area (Å²) < 4.78 is 11.6. The van der Waals surface area contributed by atoms with E-state index in [1.807, 2.05) is 49.4 Å². The van der Waals surface area contributed by atoms with E-state index in [0.717, 1.165) is 23.3 Å². The summed E-state index contributed by atoms with van der Waals surface area (Å²) in [5.41, 5.74) is 4.97. The molecule has 0 aliphatic heterocycles. The maximum Gasteiger partial charge on any atom is 0.271 e. The van der Waals surface area contributed by atoms with Gasteiger partial charge >= 0.3 is 0 Å². The van der Waals surface area contributed by atoms with Crippen LogP contribution in [0.5, 0.6) is 11.5 Å². The Morgan fingerprint density at radius 1 is 0.879 bits per heavy atom. The van der Waals surface area contributed by atoms with Crippen LogP contribution in [0.25, 0.3) is 10.8 Å². The van der Waals surface area contributed by atoms with E-state index in [9.17, 15) is 4.79 Å². The zero-order chi connectivity index (χ0) is 22.9. The van der Waals surface area contributed by atoms with E-state index in [-0.39, 0.29) is 5.91 Å². The van der Waals surface area contributed by atoms with Gasteiger partial charge in [-0.3, -0.25) is 4.79 Å². The van der Waals surface area contributed by atoms with Gasteiger partial charge in [0.2, 0.25) is 0 Å². The number of ether oxygens (including phenoxy) is 2. The molecule has 4 rings (SSSR count). The minimum absolute atomic E-state index is 0.289. The van der Waals surface area contributed by atoms with Gasteiger partial charge in [0.1, 0.15) is 18.1 Å². The number of hydrazone groups is 1. The molecular weight excluding hydrogens is 412 g/mol. The van der Waals surface area contributed by atoms with Crippen LogP contribution in [0, 0.1) is 0 Å². The standard InChI is InChI=1S/C28H26N2O3/c1-2-18-32-25-16-14-22(15-17-25)28(31)30-29-19-23-9-4-6-13-27(23)33-20-24-11-7-10-21-8-3-5-12-26(21)24/h3-17,19H,2,18,20H2,1H3,(H,30,31)/b29-19+. The van der Waals surface area contributed by atoms with Gasteiger partial charge in [-0.15, -0.1) is 0 Å². The Hall–Kier alpha value is -4.12. The number of hydrogen-bond acceptors (Lipinski definition) is 4. The minimum Gasteiger partial charge on any atom is -0.494 e. The van der Waals surface area contributed by atoms with Gasteiger partial charge in [0, 0.05) is 11.1 Å². The molecule has 5 nitrogen and oxygen atoms in total. The number of fused-ring (bicyclic) bond motifs is 1. The number of carbonyl (C=O) groups excluding carboxylic acids is 1. The second-order valence-electron chi connectivity index (χ2n) is 7.54. The summed E-state index contributed by atoms with van der Waals surface area (Å²) in [6.07, 6.45) is 2.53. The van der Waals surface area contributed by atoms with Crippen molar-refractivity contribution in [2.24, 2.45) is 5.10 Å². The highest BCUT2D eigenvalue weighted by Crippen LogP contribution is 2.22. The molecule has 0 saturated heterocycles. The van der Waals surface area contributed by atoms with Gasteiger partial charge in [-0.25, -0.2) is 5.43 Å². The Kier molecular flexibility index (Phi) is 7.33. The summed E-state index contributed by atoms with van der Waals surface area (Å²) >= 11 is 0. The molecule has 0 aliphatic rings. The van der Waals surface area contributed by atoms with Crippen LogP contribution in [-0.4, -0.2) is 18.7 Å². The summed E-state index contributed by atoms with van der Waals surface area (Å²) in [6, 6.07) is 29.0. The van der Waals surface area contributed by atoms with Crippen molar-refractivity contribution < 1.29 is 14.3 Å². The zero-order valence-electron chi connectivity index (χ0n) is 18.5. The topological polar surface area (TPSA) is 59.9 Å². The van der Waals surface area contributed by atoms with E-state index in [0.29, 0.717) is 24.5 Å². The van der Waals surface area contributed by atoms with Crippen molar-refractivity contribution in [3.8, 4) is 11.5 Å². The normalized spacial score (nSPS) is 10.9. The number of nitrogens with one attached hydrogen (secondary N) is 1. The molecule has 0 spiro atoms. The van der Waals surface area contributed by atoms with Crippen molar-refractivity contribution in [3.05, 3.63) is 108 Å². The van der Waals surface area contributed by atoms with Crippen molar-refractivity contribution in [2.75, 3.05) is 6.61 Å². The van der Waals surface area contributed by atoms with E-state index in [4.69, 9.17) is 9.47 Å². The van der Waals surface area contributed by atoms with Crippen molar-refractivity contribution in [2.45, 2.75) is 20.0 Å². The van der Waals surface area contributed by atoms with Crippen LogP contribution < -0.4 is 14.9 Å². The lowest BCUT2D eigenvalue weighted by molar-refractivity contribution is 0.0955. The largest absolute Gasteiger partial charge is 0.494 e. The monoisotopic (exact) mass is 438 g/mol. The minimum atomic E-state index is -0.289. The number of rotatable bonds is 9. The maximum absolute atomic E-state index is 12.4. The van der Waals surface area contributed by atoms with Gasteiger partial charge in [-0.05, 0) is 59.2 Å². The molecule has 0 heterocycles. The fraction of sp³-hybridized carbons (Fsp3) is 0.143. The molecule has 0 radical (unpaired) electrons. The Bertz CT molecular complexity index is 1240. The first-order valence-corrected chi connectivity index (χ1v) is 11.0. The first kappa shape index (κ1) is 22.1. The second-order valence-corrected chi connectivity index (χ2v) is 7.54. The number of amides is 1. The molecule has 33 heavy (non-hydrogen) atoms. The SMILES string of the molecule is CCCOc1ccc(C(=O)N/N=C/c2ccccc2OCc2cccc3ccccc23)cc1. The lowest BCUT2D eigenvalue weighted by Crippen LogP contribution is -2.17. The number of para-hydroxylation sites is 1. The van der Waals surface area contributed by atoms with Gasteiger partial charge in [0.05, 0.1) is 12.8 Å². The molecule has 0 fully saturated rings. The predicted octanol–water partition coefficient (Wildman–Crippen LogP) is 5.97. The Morgan fingerprint density at radius 3 is 2.48 bits per heavy atom. The summed E-state index contributed by atoms with van der Waals surface area (Å²) in [7, 11) is 0. The third-order valence-corrected chi connectivity index (χ3v) is 5.14. The highest BCUT2D eigenvalue weighted by atomic mass is 16.5. The van der Waals surface area contributed by atoms with Crippen LogP contribution in [0.4, 0.5) is 0 Å². The molecule has 4 aromatic rings. The van der Waals surface area contributed by atoms with Crippen LogP contribution in [0.3, 0.4) is 0 Å². The molecule has 0 atom stereocenters. The summed E-state index contributed by atoms with van der Waals surface area (Å²) in [4.78, 5) is 12.4. The predicted molar refractivity (Wildman–Crippen MR) is 132 cm³/mol. The number of benzene rings is 4. The smallest absolute Gasteiger partial charge is 0.271 e. The molecule has 5 heteroatoms. The summed E-state index contributed by atoms with van der Waals surface area (Å²) in [5, 5.41) is 6.47. The molecule has 0 saturated carbocycles. The molecule has 1 N–H and O–H groups in total. The first-order valence-electron chi connectivity index (χ1n) is 11.0. The van der Waals surface area contributed by atoms with Gasteiger partial charge in [-0.2, -0.15) is 5.10 Å². The van der Waals surface area contributed by atoms with Gasteiger partial charge < -0.3 is 9.47 Å². The lowest BCUT2D eigenvalue weighted by Gasteiger charge is -2.11. The molecule has 0 unspecified atom stereocenters. The van der Waals surface area contributed by atoms with Crippen molar-refractivity contribution in [1.82, 2.24) is 5.43 Å². The number of hydrogen-bond donors (Lipinski definition) is 1. The van der Waals surface area contributed by atoms with Gasteiger partial charge in [0.15, 0.2) is 0 Å². The van der Waals surface area contributed by atoms with Crippen LogP contribution in [-0.2, 0) is 6.61 Å². The highest BCUT2D eigenvalue weighted by Gasteiger charge is 2.06. The molecule has 0 aliphatic carbocycles. The lowest BCUT2D eigenvalue weighted by atomic mass is 10.1.